The van der Waals surface area contributed by atoms with Crippen LogP contribution < -0.4 is 21.1 Å². The van der Waals surface area contributed by atoms with Gasteiger partial charge in [0, 0.05) is 6.54 Å². The highest BCUT2D eigenvalue weighted by Gasteiger charge is 2.13. The number of nitrogens with two attached hydrogens (primary N) is 1. The molecule has 0 saturated heterocycles. The summed E-state index contributed by atoms with van der Waals surface area (Å²) in [5.41, 5.74) is 5.83. The van der Waals surface area contributed by atoms with Gasteiger partial charge in [-0.2, -0.15) is 0 Å². The van der Waals surface area contributed by atoms with E-state index in [9.17, 15) is 14.0 Å². The van der Waals surface area contributed by atoms with Gasteiger partial charge < -0.3 is 21.1 Å². The topological polar surface area (TPSA) is 93.4 Å². The lowest BCUT2D eigenvalue weighted by Crippen LogP contribution is -2.26. The summed E-state index contributed by atoms with van der Waals surface area (Å²) in [7, 11) is 0. The van der Waals surface area contributed by atoms with E-state index in [1.165, 1.54) is 18.2 Å². The number of anilines is 1. The van der Waals surface area contributed by atoms with E-state index in [4.69, 9.17) is 10.5 Å². The number of para-hydroxylation sites is 2. The van der Waals surface area contributed by atoms with Gasteiger partial charge in [0.05, 0.1) is 11.3 Å². The summed E-state index contributed by atoms with van der Waals surface area (Å²) in [4.78, 5) is 24.2. The second-order valence-corrected chi connectivity index (χ2v) is 5.56. The summed E-state index contributed by atoms with van der Waals surface area (Å²) in [5.74, 6) is -1.05. The number of unbranched alkanes of at least 4 members (excludes halogenated alkanes) is 1. The molecule has 0 fully saturated rings. The monoisotopic (exact) mass is 395 g/mol. The fourth-order valence-electron chi connectivity index (χ4n) is 2.24. The van der Waals surface area contributed by atoms with Crippen molar-refractivity contribution in [1.29, 1.82) is 0 Å². The van der Waals surface area contributed by atoms with Crippen molar-refractivity contribution in [2.45, 2.75) is 12.8 Å². The van der Waals surface area contributed by atoms with E-state index in [0.717, 1.165) is 12.8 Å². The Morgan fingerprint density at radius 1 is 1.04 bits per heavy atom. The third-order valence-corrected chi connectivity index (χ3v) is 3.55. The van der Waals surface area contributed by atoms with Gasteiger partial charge in [0.2, 0.25) is 0 Å². The predicted octanol–water partition coefficient (Wildman–Crippen LogP) is 2.73. The van der Waals surface area contributed by atoms with Crippen molar-refractivity contribution in [3.8, 4) is 5.75 Å². The van der Waals surface area contributed by atoms with Crippen LogP contribution in [-0.4, -0.2) is 31.5 Å². The Labute approximate surface area is 163 Å². The number of rotatable bonds is 9. The first-order valence-electron chi connectivity index (χ1n) is 8.36. The van der Waals surface area contributed by atoms with Crippen molar-refractivity contribution in [3.05, 3.63) is 59.9 Å². The first-order chi connectivity index (χ1) is 12.6. The van der Waals surface area contributed by atoms with E-state index in [0.29, 0.717) is 18.7 Å². The average Bonchev–Trinajstić information content (AvgIpc) is 2.65. The zero-order chi connectivity index (χ0) is 18.8. The number of hydrogen-bond donors (Lipinski definition) is 3. The molecule has 2 aromatic carbocycles. The SMILES string of the molecule is Cl.NCCCCNC(=O)c1ccccc1OCC(=O)Nc1ccccc1F. The van der Waals surface area contributed by atoms with Crippen LogP contribution in [0.3, 0.4) is 0 Å². The van der Waals surface area contributed by atoms with Crippen LogP contribution in [0.4, 0.5) is 10.1 Å². The second kappa shape index (κ2) is 11.9. The van der Waals surface area contributed by atoms with Crippen LogP contribution in [0.15, 0.2) is 48.5 Å². The molecule has 146 valence electrons. The molecular weight excluding hydrogens is 373 g/mol. The van der Waals surface area contributed by atoms with Gasteiger partial charge in [-0.25, -0.2) is 4.39 Å². The number of nitrogens with one attached hydrogen (secondary N) is 2. The van der Waals surface area contributed by atoms with E-state index >= 15 is 0 Å². The summed E-state index contributed by atoms with van der Waals surface area (Å²) in [6.45, 7) is 0.747. The van der Waals surface area contributed by atoms with Gasteiger partial charge in [-0.3, -0.25) is 9.59 Å². The summed E-state index contributed by atoms with van der Waals surface area (Å²) in [6, 6.07) is 12.5. The second-order valence-electron chi connectivity index (χ2n) is 5.56. The highest BCUT2D eigenvalue weighted by Crippen LogP contribution is 2.18. The van der Waals surface area contributed by atoms with Crippen LogP contribution in [0.2, 0.25) is 0 Å². The normalized spacial score (nSPS) is 9.85. The molecule has 0 atom stereocenters. The lowest BCUT2D eigenvalue weighted by Gasteiger charge is -2.12. The Bertz CT molecular complexity index is 758. The summed E-state index contributed by atoms with van der Waals surface area (Å²) >= 11 is 0. The molecular formula is C19H23ClFN3O3. The standard InChI is InChI=1S/C19H22FN3O3.ClH/c20-15-8-2-3-9-16(15)23-18(24)13-26-17-10-4-1-7-14(17)19(25)22-12-6-5-11-21;/h1-4,7-10H,5-6,11-13,21H2,(H,22,25)(H,23,24);1H. The lowest BCUT2D eigenvalue weighted by molar-refractivity contribution is -0.118. The predicted molar refractivity (Wildman–Crippen MR) is 105 cm³/mol. The molecule has 0 aliphatic rings. The smallest absolute Gasteiger partial charge is 0.262 e. The fraction of sp³-hybridized carbons (Fsp3) is 0.263. The number of carbonyl (C=O) groups is 2. The Balaban J connectivity index is 0.00000364. The number of hydrogen-bond acceptors (Lipinski definition) is 4. The van der Waals surface area contributed by atoms with Crippen LogP contribution in [-0.2, 0) is 4.79 Å². The van der Waals surface area contributed by atoms with E-state index in [2.05, 4.69) is 10.6 Å². The molecule has 8 heteroatoms. The maximum absolute atomic E-state index is 13.5. The van der Waals surface area contributed by atoms with E-state index in [1.807, 2.05) is 0 Å². The number of carbonyl (C=O) groups excluding carboxylic acids is 2. The molecule has 0 spiro atoms. The van der Waals surface area contributed by atoms with Crippen molar-refractivity contribution in [1.82, 2.24) is 5.32 Å². The first kappa shape index (κ1) is 22.4. The number of amides is 2. The van der Waals surface area contributed by atoms with Crippen molar-refractivity contribution < 1.29 is 18.7 Å². The van der Waals surface area contributed by atoms with E-state index in [-0.39, 0.29) is 36.4 Å². The highest BCUT2D eigenvalue weighted by atomic mass is 35.5. The average molecular weight is 396 g/mol. The number of ether oxygens (including phenoxy) is 1. The molecule has 2 rings (SSSR count). The molecule has 0 aromatic heterocycles. The zero-order valence-electron chi connectivity index (χ0n) is 14.7. The van der Waals surface area contributed by atoms with Gasteiger partial charge in [-0.1, -0.05) is 24.3 Å². The molecule has 0 unspecified atom stereocenters. The Hall–Kier alpha value is -2.64. The molecule has 2 aromatic rings. The summed E-state index contributed by atoms with van der Waals surface area (Å²) < 4.78 is 19.0. The van der Waals surface area contributed by atoms with Crippen molar-refractivity contribution in [3.63, 3.8) is 0 Å². The van der Waals surface area contributed by atoms with Crippen LogP contribution >= 0.6 is 12.4 Å². The fourth-order valence-corrected chi connectivity index (χ4v) is 2.24. The first-order valence-corrected chi connectivity index (χ1v) is 8.36. The maximum Gasteiger partial charge on any atom is 0.262 e. The number of halogens is 2. The molecule has 4 N–H and O–H groups in total. The third kappa shape index (κ3) is 7.24. The number of benzene rings is 2. The van der Waals surface area contributed by atoms with Crippen LogP contribution in [0.25, 0.3) is 0 Å². The van der Waals surface area contributed by atoms with Crippen molar-refractivity contribution in [2.24, 2.45) is 5.73 Å². The molecule has 27 heavy (non-hydrogen) atoms. The molecule has 0 radical (unpaired) electrons. The molecule has 0 aliphatic heterocycles. The Morgan fingerprint density at radius 3 is 2.48 bits per heavy atom. The largest absolute Gasteiger partial charge is 0.483 e. The highest BCUT2D eigenvalue weighted by molar-refractivity contribution is 5.97. The van der Waals surface area contributed by atoms with Crippen LogP contribution in [0.5, 0.6) is 5.75 Å². The van der Waals surface area contributed by atoms with Gasteiger partial charge in [-0.05, 0) is 43.7 Å². The van der Waals surface area contributed by atoms with Gasteiger partial charge in [-0.15, -0.1) is 12.4 Å². The minimum absolute atomic E-state index is 0. The maximum atomic E-state index is 13.5. The van der Waals surface area contributed by atoms with Crippen LogP contribution in [0.1, 0.15) is 23.2 Å². The summed E-state index contributed by atoms with van der Waals surface area (Å²) in [6.07, 6.45) is 1.62. The molecule has 0 saturated carbocycles. The molecule has 0 heterocycles. The minimum atomic E-state index is -0.530. The quantitative estimate of drug-likeness (QED) is 0.569. The van der Waals surface area contributed by atoms with Gasteiger partial charge >= 0.3 is 0 Å². The molecule has 0 aliphatic carbocycles. The molecule has 0 bridgehead atoms. The van der Waals surface area contributed by atoms with Crippen molar-refractivity contribution >= 4 is 29.9 Å². The van der Waals surface area contributed by atoms with E-state index in [1.54, 1.807) is 30.3 Å². The Morgan fingerprint density at radius 2 is 1.74 bits per heavy atom. The van der Waals surface area contributed by atoms with E-state index < -0.39 is 11.7 Å². The van der Waals surface area contributed by atoms with Crippen LogP contribution in [0, 0.1) is 5.82 Å². The van der Waals surface area contributed by atoms with Gasteiger partial charge in [0.25, 0.3) is 11.8 Å². The van der Waals surface area contributed by atoms with Gasteiger partial charge in [0.1, 0.15) is 11.6 Å². The minimum Gasteiger partial charge on any atom is -0.483 e. The van der Waals surface area contributed by atoms with Crippen molar-refractivity contribution in [2.75, 3.05) is 25.0 Å². The Kier molecular flexibility index (Phi) is 9.85. The van der Waals surface area contributed by atoms with Gasteiger partial charge in [0.15, 0.2) is 6.61 Å². The summed E-state index contributed by atoms with van der Waals surface area (Å²) in [5, 5.41) is 5.21. The lowest BCUT2D eigenvalue weighted by atomic mass is 10.2. The zero-order valence-corrected chi connectivity index (χ0v) is 15.6. The molecule has 2 amide bonds. The third-order valence-electron chi connectivity index (χ3n) is 3.55. The molecule has 6 nitrogen and oxygen atoms in total.